The molecule has 0 aliphatic carbocycles. The van der Waals surface area contributed by atoms with Crippen molar-refractivity contribution in [2.75, 3.05) is 6.54 Å². The molecule has 0 unspecified atom stereocenters. The predicted octanol–water partition coefficient (Wildman–Crippen LogP) is 4.46. The van der Waals surface area contributed by atoms with E-state index in [2.05, 4.69) is 53.6 Å². The van der Waals surface area contributed by atoms with E-state index in [9.17, 15) is 0 Å². The summed E-state index contributed by atoms with van der Waals surface area (Å²) in [6, 6.07) is 15.0. The number of nitrogens with zero attached hydrogens (tertiary/aromatic N) is 1. The number of fused-ring (bicyclic) bond motifs is 1. The van der Waals surface area contributed by atoms with E-state index in [0.717, 1.165) is 18.6 Å². The molecule has 0 spiro atoms. The van der Waals surface area contributed by atoms with Crippen molar-refractivity contribution in [1.29, 1.82) is 0 Å². The van der Waals surface area contributed by atoms with Gasteiger partial charge in [0.25, 0.3) is 0 Å². The highest BCUT2D eigenvalue weighted by Gasteiger charge is 2.04. The second-order valence-corrected chi connectivity index (χ2v) is 6.02. The van der Waals surface area contributed by atoms with Gasteiger partial charge in [-0.25, -0.2) is 0 Å². The summed E-state index contributed by atoms with van der Waals surface area (Å²) >= 11 is 1.86. The number of pyridine rings is 1. The molecule has 3 heteroatoms. The minimum Gasteiger partial charge on any atom is -0.312 e. The molecule has 2 aromatic heterocycles. The first-order chi connectivity index (χ1) is 9.86. The largest absolute Gasteiger partial charge is 0.312 e. The number of thiophene rings is 1. The number of aromatic nitrogens is 1. The lowest BCUT2D eigenvalue weighted by atomic mass is 10.1. The first-order valence-electron chi connectivity index (χ1n) is 7.01. The van der Waals surface area contributed by atoms with E-state index in [1.807, 2.05) is 23.6 Å². The normalized spacial score (nSPS) is 11.1. The molecule has 0 radical (unpaired) electrons. The maximum absolute atomic E-state index is 4.36. The molecule has 0 aliphatic rings. The average Bonchev–Trinajstić information content (AvgIpc) is 2.96. The first kappa shape index (κ1) is 13.3. The lowest BCUT2D eigenvalue weighted by molar-refractivity contribution is 0.681. The van der Waals surface area contributed by atoms with Gasteiger partial charge in [0.2, 0.25) is 0 Å². The third-order valence-electron chi connectivity index (χ3n) is 3.28. The molecule has 0 fully saturated rings. The Hall–Kier alpha value is -1.71. The van der Waals surface area contributed by atoms with Crippen molar-refractivity contribution in [3.63, 3.8) is 0 Å². The molecule has 0 atom stereocenters. The molecule has 20 heavy (non-hydrogen) atoms. The van der Waals surface area contributed by atoms with Gasteiger partial charge in [0, 0.05) is 27.9 Å². The van der Waals surface area contributed by atoms with Crippen LogP contribution >= 0.6 is 11.3 Å². The molecule has 0 bridgehead atoms. The smallest absolute Gasteiger partial charge is 0.0702 e. The van der Waals surface area contributed by atoms with Crippen LogP contribution in [0.25, 0.3) is 21.3 Å². The van der Waals surface area contributed by atoms with Gasteiger partial charge in [0.1, 0.15) is 0 Å². The molecule has 1 N–H and O–H groups in total. The Labute approximate surface area is 123 Å². The molecule has 1 aromatic carbocycles. The van der Waals surface area contributed by atoms with Crippen LogP contribution in [0.15, 0.2) is 48.7 Å². The van der Waals surface area contributed by atoms with Gasteiger partial charge in [-0.05, 0) is 48.9 Å². The van der Waals surface area contributed by atoms with E-state index in [0.29, 0.717) is 0 Å². The van der Waals surface area contributed by atoms with Crippen LogP contribution in [0.2, 0.25) is 0 Å². The van der Waals surface area contributed by atoms with Crippen molar-refractivity contribution in [2.24, 2.45) is 0 Å². The van der Waals surface area contributed by atoms with Gasteiger partial charge in [-0.3, -0.25) is 4.98 Å². The predicted molar refractivity (Wildman–Crippen MR) is 87.1 cm³/mol. The maximum Gasteiger partial charge on any atom is 0.0702 e. The fourth-order valence-corrected chi connectivity index (χ4v) is 3.22. The van der Waals surface area contributed by atoms with Crippen LogP contribution in [0, 0.1) is 0 Å². The molecule has 3 rings (SSSR count). The van der Waals surface area contributed by atoms with E-state index in [1.54, 1.807) is 0 Å². The molecule has 2 nitrogen and oxygen atoms in total. The summed E-state index contributed by atoms with van der Waals surface area (Å²) in [5.41, 5.74) is 2.33. The monoisotopic (exact) mass is 282 g/mol. The van der Waals surface area contributed by atoms with E-state index < -0.39 is 0 Å². The Bertz CT molecular complexity index is 703. The molecule has 3 aromatic rings. The second-order valence-electron chi connectivity index (χ2n) is 4.85. The molecular weight excluding hydrogens is 264 g/mol. The van der Waals surface area contributed by atoms with Gasteiger partial charge in [-0.15, -0.1) is 11.3 Å². The minimum atomic E-state index is 0.966. The summed E-state index contributed by atoms with van der Waals surface area (Å²) in [4.78, 5) is 7.08. The zero-order valence-corrected chi connectivity index (χ0v) is 12.4. The van der Waals surface area contributed by atoms with Gasteiger partial charge >= 0.3 is 0 Å². The second kappa shape index (κ2) is 6.16. The number of hydrogen-bond donors (Lipinski definition) is 1. The minimum absolute atomic E-state index is 0.966. The van der Waals surface area contributed by atoms with Gasteiger partial charge in [0.15, 0.2) is 0 Å². The zero-order valence-electron chi connectivity index (χ0n) is 11.6. The fraction of sp³-hybridized carbons (Fsp3) is 0.235. The van der Waals surface area contributed by atoms with Gasteiger partial charge in [0.05, 0.1) is 5.52 Å². The van der Waals surface area contributed by atoms with Crippen molar-refractivity contribution in [2.45, 2.75) is 19.9 Å². The summed E-state index contributed by atoms with van der Waals surface area (Å²) in [5, 5.41) is 4.64. The van der Waals surface area contributed by atoms with Crippen molar-refractivity contribution in [3.05, 3.63) is 53.5 Å². The number of benzene rings is 1. The summed E-state index contributed by atoms with van der Waals surface area (Å²) in [6.07, 6.45) is 3.01. The van der Waals surface area contributed by atoms with Crippen LogP contribution in [0.4, 0.5) is 0 Å². The number of hydrogen-bond acceptors (Lipinski definition) is 3. The molecule has 0 saturated carbocycles. The van der Waals surface area contributed by atoms with Crippen LogP contribution in [0.5, 0.6) is 0 Å². The third-order valence-corrected chi connectivity index (χ3v) is 4.41. The average molecular weight is 282 g/mol. The van der Waals surface area contributed by atoms with E-state index in [1.165, 1.54) is 27.1 Å². The highest BCUT2D eigenvalue weighted by Crippen LogP contribution is 2.30. The molecule has 0 aliphatic heterocycles. The maximum atomic E-state index is 4.36. The summed E-state index contributed by atoms with van der Waals surface area (Å²) in [5.74, 6) is 0. The van der Waals surface area contributed by atoms with Gasteiger partial charge < -0.3 is 5.32 Å². The first-order valence-corrected chi connectivity index (χ1v) is 7.83. The lowest BCUT2D eigenvalue weighted by Gasteiger charge is -2.01. The van der Waals surface area contributed by atoms with Crippen molar-refractivity contribution >= 4 is 22.2 Å². The topological polar surface area (TPSA) is 24.9 Å². The van der Waals surface area contributed by atoms with E-state index in [4.69, 9.17) is 0 Å². The Morgan fingerprint density at radius 1 is 1.15 bits per heavy atom. The Morgan fingerprint density at radius 2 is 2.10 bits per heavy atom. The standard InChI is InChI=1S/C17H18N2S/c1-2-9-18-12-15-6-8-17(20-15)14-5-7-16-13(11-14)4-3-10-19-16/h3-8,10-11,18H,2,9,12H2,1H3. The van der Waals surface area contributed by atoms with Crippen LogP contribution in [-0.2, 0) is 6.54 Å². The Balaban J connectivity index is 1.83. The molecule has 0 amide bonds. The van der Waals surface area contributed by atoms with E-state index >= 15 is 0 Å². The van der Waals surface area contributed by atoms with Crippen molar-refractivity contribution in [3.8, 4) is 10.4 Å². The molecular formula is C17H18N2S. The molecule has 2 heterocycles. The SMILES string of the molecule is CCCNCc1ccc(-c2ccc3ncccc3c2)s1. The van der Waals surface area contributed by atoms with Gasteiger partial charge in [-0.1, -0.05) is 19.1 Å². The highest BCUT2D eigenvalue weighted by molar-refractivity contribution is 7.15. The Morgan fingerprint density at radius 3 is 3.00 bits per heavy atom. The fourth-order valence-electron chi connectivity index (χ4n) is 2.25. The zero-order chi connectivity index (χ0) is 13.8. The lowest BCUT2D eigenvalue weighted by Crippen LogP contribution is -2.12. The van der Waals surface area contributed by atoms with Crippen molar-refractivity contribution in [1.82, 2.24) is 10.3 Å². The Kier molecular flexibility index (Phi) is 4.09. The van der Waals surface area contributed by atoms with Crippen LogP contribution < -0.4 is 5.32 Å². The molecule has 102 valence electrons. The van der Waals surface area contributed by atoms with Crippen LogP contribution in [0.3, 0.4) is 0 Å². The quantitative estimate of drug-likeness (QED) is 0.699. The van der Waals surface area contributed by atoms with Gasteiger partial charge in [-0.2, -0.15) is 0 Å². The summed E-state index contributed by atoms with van der Waals surface area (Å²) in [6.45, 7) is 4.23. The number of rotatable bonds is 5. The third kappa shape index (κ3) is 2.89. The number of nitrogens with one attached hydrogen (secondary N) is 1. The molecule has 0 saturated heterocycles. The van der Waals surface area contributed by atoms with Crippen molar-refractivity contribution < 1.29 is 0 Å². The summed E-state index contributed by atoms with van der Waals surface area (Å²) < 4.78 is 0. The summed E-state index contributed by atoms with van der Waals surface area (Å²) in [7, 11) is 0. The van der Waals surface area contributed by atoms with Crippen LogP contribution in [-0.4, -0.2) is 11.5 Å². The van der Waals surface area contributed by atoms with E-state index in [-0.39, 0.29) is 0 Å². The highest BCUT2D eigenvalue weighted by atomic mass is 32.1. The van der Waals surface area contributed by atoms with Crippen LogP contribution in [0.1, 0.15) is 18.2 Å².